The Labute approximate surface area is 132 Å². The van der Waals surface area contributed by atoms with Gasteiger partial charge in [0.15, 0.2) is 0 Å². The maximum Gasteiger partial charge on any atom is 0.257 e. The van der Waals surface area contributed by atoms with Crippen molar-refractivity contribution in [2.24, 2.45) is 5.73 Å². The van der Waals surface area contributed by atoms with E-state index in [-0.39, 0.29) is 34.5 Å². The number of rotatable bonds is 2. The molecule has 1 aromatic rings. The minimum atomic E-state index is -2.70. The summed E-state index contributed by atoms with van der Waals surface area (Å²) in [6.07, 6.45) is -2.70. The second-order valence-electron chi connectivity index (χ2n) is 7.32. The van der Waals surface area contributed by atoms with Gasteiger partial charge in [0.05, 0.1) is 6.04 Å². The Morgan fingerprint density at radius 1 is 1.00 bits per heavy atom. The summed E-state index contributed by atoms with van der Waals surface area (Å²) >= 11 is 0. The lowest BCUT2D eigenvalue weighted by Gasteiger charge is -2.28. The molecule has 0 aliphatic rings. The molecule has 0 heterocycles. The van der Waals surface area contributed by atoms with Crippen LogP contribution in [0.4, 0.5) is 8.78 Å². The molecule has 0 aliphatic heterocycles. The number of alkyl halides is 2. The number of nitrogens with two attached hydrogens (primary N) is 1. The number of hydrogen-bond acceptors (Lipinski definition) is 2. The van der Waals surface area contributed by atoms with Crippen LogP contribution in [0.1, 0.15) is 64.3 Å². The molecule has 0 aliphatic carbocycles. The summed E-state index contributed by atoms with van der Waals surface area (Å²) < 4.78 is 25.8. The quantitative estimate of drug-likeness (QED) is 0.831. The van der Waals surface area contributed by atoms with Crippen LogP contribution >= 0.6 is 12.4 Å². The Bertz CT molecular complexity index is 490. The first kappa shape index (κ1) is 20.1. The van der Waals surface area contributed by atoms with Gasteiger partial charge in [-0.3, -0.25) is 0 Å². The second-order valence-corrected chi connectivity index (χ2v) is 7.32. The summed E-state index contributed by atoms with van der Waals surface area (Å²) in [5.74, 6) is -0.113. The summed E-state index contributed by atoms with van der Waals surface area (Å²) in [5.41, 5.74) is 6.67. The summed E-state index contributed by atoms with van der Waals surface area (Å²) in [7, 11) is 0. The smallest absolute Gasteiger partial charge is 0.257 e. The van der Waals surface area contributed by atoms with Gasteiger partial charge in [-0.2, -0.15) is 0 Å². The molecule has 0 amide bonds. The van der Waals surface area contributed by atoms with E-state index in [1.165, 1.54) is 0 Å². The minimum absolute atomic E-state index is 0. The predicted octanol–water partition coefficient (Wildman–Crippen LogP) is 4.67. The number of halogens is 3. The van der Waals surface area contributed by atoms with Crippen molar-refractivity contribution < 1.29 is 13.9 Å². The van der Waals surface area contributed by atoms with Crippen LogP contribution in [0.15, 0.2) is 12.1 Å². The summed E-state index contributed by atoms with van der Waals surface area (Å²) in [4.78, 5) is 0. The fraction of sp³-hybridized carbons (Fsp3) is 0.625. The van der Waals surface area contributed by atoms with E-state index in [1.807, 2.05) is 47.6 Å². The zero-order chi connectivity index (χ0) is 15.9. The van der Waals surface area contributed by atoms with Crippen LogP contribution in [0.25, 0.3) is 0 Å². The number of aromatic hydroxyl groups is 1. The normalized spacial score (nSPS) is 14.0. The lowest BCUT2D eigenvalue weighted by atomic mass is 9.78. The molecular formula is C16H26ClF2NO. The van der Waals surface area contributed by atoms with Crippen molar-refractivity contribution >= 4 is 12.4 Å². The van der Waals surface area contributed by atoms with Crippen molar-refractivity contribution in [3.8, 4) is 5.75 Å². The zero-order valence-electron chi connectivity index (χ0n) is 13.5. The highest BCUT2D eigenvalue weighted by molar-refractivity contribution is 5.85. The molecule has 0 saturated carbocycles. The number of hydrogen-bond donors (Lipinski definition) is 2. The molecule has 1 aromatic carbocycles. The van der Waals surface area contributed by atoms with Crippen LogP contribution in [-0.4, -0.2) is 11.5 Å². The fourth-order valence-electron chi connectivity index (χ4n) is 2.05. The maximum atomic E-state index is 12.9. The van der Waals surface area contributed by atoms with Gasteiger partial charge in [-0.25, -0.2) is 8.78 Å². The number of phenols is 1. The molecule has 0 bridgehead atoms. The monoisotopic (exact) mass is 321 g/mol. The summed E-state index contributed by atoms with van der Waals surface area (Å²) in [6, 6.07) is 2.01. The molecule has 21 heavy (non-hydrogen) atoms. The molecule has 122 valence electrons. The molecule has 1 rings (SSSR count). The molecular weight excluding hydrogens is 296 g/mol. The van der Waals surface area contributed by atoms with Gasteiger partial charge in [0.1, 0.15) is 5.75 Å². The van der Waals surface area contributed by atoms with E-state index >= 15 is 0 Å². The zero-order valence-corrected chi connectivity index (χ0v) is 14.3. The third-order valence-electron chi connectivity index (χ3n) is 3.44. The van der Waals surface area contributed by atoms with Crippen LogP contribution in [0, 0.1) is 0 Å². The van der Waals surface area contributed by atoms with Gasteiger partial charge in [-0.05, 0) is 28.0 Å². The lowest BCUT2D eigenvalue weighted by Crippen LogP contribution is -2.23. The Balaban J connectivity index is 0.00000400. The fourth-order valence-corrected chi connectivity index (χ4v) is 2.05. The van der Waals surface area contributed by atoms with Crippen molar-refractivity contribution in [1.29, 1.82) is 0 Å². The van der Waals surface area contributed by atoms with Gasteiger partial charge in [0, 0.05) is 5.56 Å². The lowest BCUT2D eigenvalue weighted by molar-refractivity contribution is 0.115. The van der Waals surface area contributed by atoms with Crippen LogP contribution in [0.3, 0.4) is 0 Å². The van der Waals surface area contributed by atoms with E-state index in [9.17, 15) is 13.9 Å². The van der Waals surface area contributed by atoms with Crippen molar-refractivity contribution in [3.63, 3.8) is 0 Å². The van der Waals surface area contributed by atoms with Crippen molar-refractivity contribution in [2.45, 2.75) is 64.8 Å². The Hall–Kier alpha value is -0.870. The highest BCUT2D eigenvalue weighted by atomic mass is 35.5. The van der Waals surface area contributed by atoms with Crippen molar-refractivity contribution in [2.75, 3.05) is 0 Å². The summed E-state index contributed by atoms with van der Waals surface area (Å²) in [6.45, 7) is 11.8. The van der Waals surface area contributed by atoms with Gasteiger partial charge in [-0.15, -0.1) is 12.4 Å². The summed E-state index contributed by atoms with van der Waals surface area (Å²) in [5, 5.41) is 10.3. The average molecular weight is 322 g/mol. The van der Waals surface area contributed by atoms with E-state index in [2.05, 4.69) is 0 Å². The predicted molar refractivity (Wildman–Crippen MR) is 85.7 cm³/mol. The van der Waals surface area contributed by atoms with Gasteiger partial charge in [0.25, 0.3) is 6.43 Å². The number of benzene rings is 1. The van der Waals surface area contributed by atoms with Gasteiger partial charge >= 0.3 is 0 Å². The molecule has 0 unspecified atom stereocenters. The van der Waals surface area contributed by atoms with Crippen LogP contribution in [-0.2, 0) is 10.8 Å². The van der Waals surface area contributed by atoms with Crippen LogP contribution < -0.4 is 5.73 Å². The third-order valence-corrected chi connectivity index (χ3v) is 3.44. The molecule has 5 heteroatoms. The first-order valence-corrected chi connectivity index (χ1v) is 6.77. The molecule has 0 radical (unpaired) electrons. The SMILES string of the molecule is CC(C)(C)c1cc([C@H](N)C(F)F)c(O)c(C(C)(C)C)c1.Cl. The molecule has 0 spiro atoms. The molecule has 0 saturated heterocycles. The van der Waals surface area contributed by atoms with Crippen LogP contribution in [0.5, 0.6) is 5.75 Å². The second kappa shape index (κ2) is 6.49. The van der Waals surface area contributed by atoms with E-state index in [1.54, 1.807) is 6.07 Å². The van der Waals surface area contributed by atoms with E-state index in [0.717, 1.165) is 5.56 Å². The first-order valence-electron chi connectivity index (χ1n) is 6.77. The van der Waals surface area contributed by atoms with Gasteiger partial charge < -0.3 is 10.8 Å². The Morgan fingerprint density at radius 2 is 1.48 bits per heavy atom. The Kier molecular flexibility index (Phi) is 6.22. The highest BCUT2D eigenvalue weighted by Gasteiger charge is 2.29. The molecule has 3 N–H and O–H groups in total. The highest BCUT2D eigenvalue weighted by Crippen LogP contribution is 2.40. The van der Waals surface area contributed by atoms with Gasteiger partial charge in [0.2, 0.25) is 0 Å². The number of phenolic OH excluding ortho intramolecular Hbond substituents is 1. The van der Waals surface area contributed by atoms with E-state index in [4.69, 9.17) is 5.73 Å². The van der Waals surface area contributed by atoms with Crippen molar-refractivity contribution in [1.82, 2.24) is 0 Å². The van der Waals surface area contributed by atoms with E-state index in [0.29, 0.717) is 5.56 Å². The average Bonchev–Trinajstić information content (AvgIpc) is 2.24. The molecule has 2 nitrogen and oxygen atoms in total. The van der Waals surface area contributed by atoms with Crippen LogP contribution in [0.2, 0.25) is 0 Å². The standard InChI is InChI=1S/C16H25F2NO.ClH/c1-15(2,3)9-7-10(12(19)14(17)18)13(20)11(8-9)16(4,5)6;/h7-8,12,14,20H,19H2,1-6H3;1H/t12-;/m0./s1. The van der Waals surface area contributed by atoms with E-state index < -0.39 is 12.5 Å². The topological polar surface area (TPSA) is 46.2 Å². The first-order chi connectivity index (χ1) is 8.85. The maximum absolute atomic E-state index is 12.9. The molecule has 0 aromatic heterocycles. The Morgan fingerprint density at radius 3 is 1.81 bits per heavy atom. The van der Waals surface area contributed by atoms with Crippen molar-refractivity contribution in [3.05, 3.63) is 28.8 Å². The third kappa shape index (κ3) is 4.55. The minimum Gasteiger partial charge on any atom is -0.507 e. The van der Waals surface area contributed by atoms with Gasteiger partial charge in [-0.1, -0.05) is 47.6 Å². The largest absolute Gasteiger partial charge is 0.507 e. The molecule has 0 fully saturated rings. The molecule has 1 atom stereocenters.